The van der Waals surface area contributed by atoms with Gasteiger partial charge in [-0.05, 0) is 42.0 Å². The smallest absolute Gasteiger partial charge is 0.0994 e. The van der Waals surface area contributed by atoms with Gasteiger partial charge in [-0.1, -0.05) is 18.7 Å². The van der Waals surface area contributed by atoms with Crippen LogP contribution in [0.15, 0.2) is 24.8 Å². The van der Waals surface area contributed by atoms with Crippen molar-refractivity contribution >= 4 is 0 Å². The molecule has 1 aliphatic carbocycles. The van der Waals surface area contributed by atoms with Crippen molar-refractivity contribution in [1.82, 2.24) is 0 Å². The summed E-state index contributed by atoms with van der Waals surface area (Å²) >= 11 is 0. The molecule has 0 unspecified atom stereocenters. The third kappa shape index (κ3) is 1.36. The molecule has 0 bridgehead atoms. The van der Waals surface area contributed by atoms with E-state index in [1.54, 1.807) is 0 Å². The first-order valence-corrected chi connectivity index (χ1v) is 4.43. The maximum absolute atomic E-state index is 8.92. The first-order valence-electron chi connectivity index (χ1n) is 4.43. The van der Waals surface area contributed by atoms with Gasteiger partial charge >= 0.3 is 0 Å². The minimum atomic E-state index is 0.583. The molecule has 0 amide bonds. The quantitative estimate of drug-likeness (QED) is 0.666. The maximum atomic E-state index is 8.92. The third-order valence-electron chi connectivity index (χ3n) is 2.40. The number of rotatable bonds is 2. The normalized spacial score (nSPS) is 15.0. The Morgan fingerprint density at radius 2 is 2.00 bits per heavy atom. The molecule has 0 spiro atoms. The molecule has 0 N–H and O–H groups in total. The molecule has 1 saturated carbocycles. The van der Waals surface area contributed by atoms with E-state index in [9.17, 15) is 0 Å². The van der Waals surface area contributed by atoms with Crippen molar-refractivity contribution in [3.05, 3.63) is 47.5 Å². The summed E-state index contributed by atoms with van der Waals surface area (Å²) in [7, 11) is 0. The summed E-state index contributed by atoms with van der Waals surface area (Å²) in [6.45, 7) is 3.64. The molecule has 63 valence electrons. The largest absolute Gasteiger partial charge is 0.192 e. The van der Waals surface area contributed by atoms with Crippen LogP contribution in [0.5, 0.6) is 0 Å². The second kappa shape index (κ2) is 3.06. The lowest BCUT2D eigenvalue weighted by Gasteiger charge is -2.05. The Bertz CT molecular complexity index is 381. The Morgan fingerprint density at radius 1 is 1.31 bits per heavy atom. The van der Waals surface area contributed by atoms with E-state index in [2.05, 4.69) is 18.7 Å². The van der Waals surface area contributed by atoms with Crippen LogP contribution >= 0.6 is 0 Å². The van der Waals surface area contributed by atoms with Gasteiger partial charge in [0.15, 0.2) is 0 Å². The molecule has 0 saturated heterocycles. The highest BCUT2D eigenvalue weighted by Crippen LogP contribution is 2.43. The lowest BCUT2D eigenvalue weighted by atomic mass is 9.98. The van der Waals surface area contributed by atoms with Crippen molar-refractivity contribution in [3.8, 4) is 6.07 Å². The van der Waals surface area contributed by atoms with Crippen LogP contribution in [-0.2, 0) is 0 Å². The predicted octanol–water partition coefficient (Wildman–Crippen LogP) is 2.77. The van der Waals surface area contributed by atoms with Crippen molar-refractivity contribution in [2.24, 2.45) is 0 Å². The van der Waals surface area contributed by atoms with Crippen LogP contribution < -0.4 is 0 Å². The first kappa shape index (κ1) is 8.07. The molecule has 13 heavy (non-hydrogen) atoms. The van der Waals surface area contributed by atoms with E-state index in [-0.39, 0.29) is 0 Å². The Hall–Kier alpha value is -1.55. The molecule has 1 radical (unpaired) electrons. The fourth-order valence-corrected chi connectivity index (χ4v) is 1.63. The summed E-state index contributed by atoms with van der Waals surface area (Å²) in [5.41, 5.74) is 2.94. The van der Waals surface area contributed by atoms with Gasteiger partial charge in [0.05, 0.1) is 11.6 Å². The predicted molar refractivity (Wildman–Crippen MR) is 51.1 cm³/mol. The minimum Gasteiger partial charge on any atom is -0.192 e. The van der Waals surface area contributed by atoms with Crippen LogP contribution in [0.4, 0.5) is 0 Å². The van der Waals surface area contributed by atoms with Crippen LogP contribution in [0.25, 0.3) is 0 Å². The van der Waals surface area contributed by atoms with Crippen LogP contribution in [0.2, 0.25) is 0 Å². The summed E-state index contributed by atoms with van der Waals surface area (Å²) in [6, 6.07) is 7.95. The van der Waals surface area contributed by atoms with E-state index >= 15 is 0 Å². The molecule has 2 rings (SSSR count). The summed E-state index contributed by atoms with van der Waals surface area (Å²) < 4.78 is 0. The van der Waals surface area contributed by atoms with Crippen molar-refractivity contribution in [1.29, 1.82) is 5.26 Å². The van der Waals surface area contributed by atoms with Crippen LogP contribution in [-0.4, -0.2) is 0 Å². The number of hydrogen-bond acceptors (Lipinski definition) is 1. The average molecular weight is 168 g/mol. The molecule has 1 nitrogen and oxygen atoms in total. The fraction of sp³-hybridized carbons (Fsp3) is 0.250. The van der Waals surface area contributed by atoms with Gasteiger partial charge in [-0.2, -0.15) is 5.26 Å². The molecule has 0 heterocycles. The molecule has 1 aliphatic rings. The molecular formula is C12H10N. The Balaban J connectivity index is 2.58. The van der Waals surface area contributed by atoms with Crippen LogP contribution in [0.3, 0.4) is 0 Å². The van der Waals surface area contributed by atoms with E-state index in [1.165, 1.54) is 12.8 Å². The monoisotopic (exact) mass is 168 g/mol. The van der Waals surface area contributed by atoms with E-state index in [0.29, 0.717) is 5.92 Å². The van der Waals surface area contributed by atoms with Crippen molar-refractivity contribution in [3.63, 3.8) is 0 Å². The van der Waals surface area contributed by atoms with Gasteiger partial charge in [0.25, 0.3) is 0 Å². The highest BCUT2D eigenvalue weighted by Gasteiger charge is 2.27. The molecular weight excluding hydrogens is 158 g/mol. The van der Waals surface area contributed by atoms with Gasteiger partial charge in [0.1, 0.15) is 0 Å². The molecule has 1 heteroatoms. The third-order valence-corrected chi connectivity index (χ3v) is 2.40. The van der Waals surface area contributed by atoms with Gasteiger partial charge in [-0.25, -0.2) is 0 Å². The SMILES string of the molecule is C=[C]c1cccc(C#N)c1C1CC1. The molecule has 0 aliphatic heterocycles. The Labute approximate surface area is 78.3 Å². The van der Waals surface area contributed by atoms with Crippen molar-refractivity contribution in [2.45, 2.75) is 18.8 Å². The second-order valence-electron chi connectivity index (χ2n) is 3.33. The molecule has 0 atom stereocenters. The van der Waals surface area contributed by atoms with Gasteiger partial charge in [0.2, 0.25) is 0 Å². The summed E-state index contributed by atoms with van der Waals surface area (Å²) in [5, 5.41) is 8.92. The Morgan fingerprint density at radius 3 is 2.54 bits per heavy atom. The number of benzene rings is 1. The zero-order chi connectivity index (χ0) is 9.26. The lowest BCUT2D eigenvalue weighted by molar-refractivity contribution is 1.10. The summed E-state index contributed by atoms with van der Waals surface area (Å²) in [4.78, 5) is 0. The zero-order valence-electron chi connectivity index (χ0n) is 7.38. The topological polar surface area (TPSA) is 23.8 Å². The zero-order valence-corrected chi connectivity index (χ0v) is 7.38. The fourth-order valence-electron chi connectivity index (χ4n) is 1.63. The van der Waals surface area contributed by atoms with Gasteiger partial charge in [-0.15, -0.1) is 0 Å². The molecule has 1 aromatic rings. The van der Waals surface area contributed by atoms with Crippen molar-refractivity contribution < 1.29 is 0 Å². The lowest BCUT2D eigenvalue weighted by Crippen LogP contribution is -1.91. The van der Waals surface area contributed by atoms with Crippen molar-refractivity contribution in [2.75, 3.05) is 0 Å². The van der Waals surface area contributed by atoms with Gasteiger partial charge in [-0.3, -0.25) is 0 Å². The minimum absolute atomic E-state index is 0.583. The van der Waals surface area contributed by atoms with Gasteiger partial charge < -0.3 is 0 Å². The van der Waals surface area contributed by atoms with E-state index < -0.39 is 0 Å². The number of nitriles is 1. The first-order chi connectivity index (χ1) is 6.36. The van der Waals surface area contributed by atoms with E-state index in [1.807, 2.05) is 18.2 Å². The highest BCUT2D eigenvalue weighted by atomic mass is 14.3. The average Bonchev–Trinajstić information content (AvgIpc) is 3.00. The van der Waals surface area contributed by atoms with Gasteiger partial charge in [0, 0.05) is 0 Å². The van der Waals surface area contributed by atoms with Crippen LogP contribution in [0.1, 0.15) is 35.4 Å². The summed E-state index contributed by atoms with van der Waals surface area (Å²) in [5.74, 6) is 0.583. The molecule has 1 aromatic carbocycles. The van der Waals surface area contributed by atoms with Crippen LogP contribution in [0, 0.1) is 17.4 Å². The maximum Gasteiger partial charge on any atom is 0.0994 e. The molecule has 0 aromatic heterocycles. The van der Waals surface area contributed by atoms with E-state index in [0.717, 1.165) is 16.7 Å². The Kier molecular flexibility index (Phi) is 1.90. The second-order valence-corrected chi connectivity index (χ2v) is 3.33. The number of hydrogen-bond donors (Lipinski definition) is 0. The molecule has 1 fully saturated rings. The highest BCUT2D eigenvalue weighted by molar-refractivity contribution is 5.48. The standard InChI is InChI=1S/C12H10N/c1-2-9-4-3-5-11(8-13)12(9)10-6-7-10/h3-5,10H,1,6-7H2. The van der Waals surface area contributed by atoms with E-state index in [4.69, 9.17) is 5.26 Å². The summed E-state index contributed by atoms with van der Waals surface area (Å²) in [6.07, 6.45) is 5.29. The number of nitrogens with zero attached hydrogens (tertiary/aromatic N) is 1.